The normalized spacial score (nSPS) is 9.25. The predicted molar refractivity (Wildman–Crippen MR) is 63.2 cm³/mol. The molecule has 0 saturated heterocycles. The van der Waals surface area contributed by atoms with Crippen LogP contribution >= 0.6 is 0 Å². The molecule has 0 radical (unpaired) electrons. The zero-order valence-electron chi connectivity index (χ0n) is 9.32. The van der Waals surface area contributed by atoms with E-state index in [-0.39, 0.29) is 19.1 Å². The molecule has 0 unspecified atom stereocenters. The molecule has 1 amide bonds. The number of amides is 1. The molecule has 1 N–H and O–H groups in total. The molecule has 3 heteroatoms. The van der Waals surface area contributed by atoms with Crippen LogP contribution in [0.25, 0.3) is 0 Å². The Hall–Kier alpha value is -1.95. The van der Waals surface area contributed by atoms with E-state index in [0.717, 1.165) is 6.42 Å². The summed E-state index contributed by atoms with van der Waals surface area (Å²) in [6.45, 7) is 2.31. The molecule has 0 aliphatic carbocycles. The maximum absolute atomic E-state index is 11.2. The van der Waals surface area contributed by atoms with Crippen LogP contribution in [0, 0.1) is 12.3 Å². The van der Waals surface area contributed by atoms with Crippen molar-refractivity contribution >= 4 is 5.91 Å². The molecular weight excluding hydrogens is 202 g/mol. The fourth-order valence-corrected chi connectivity index (χ4v) is 1.17. The van der Waals surface area contributed by atoms with Crippen LogP contribution in [0.5, 0.6) is 5.75 Å². The lowest BCUT2D eigenvalue weighted by Crippen LogP contribution is -2.28. The molecule has 0 heterocycles. The molecular formula is C13H15NO2. The van der Waals surface area contributed by atoms with Gasteiger partial charge in [-0.05, 0) is 24.1 Å². The fourth-order valence-electron chi connectivity index (χ4n) is 1.17. The minimum atomic E-state index is -0.211. The van der Waals surface area contributed by atoms with Gasteiger partial charge in [-0.1, -0.05) is 25.0 Å². The fraction of sp³-hybridized carbons (Fsp3) is 0.308. The van der Waals surface area contributed by atoms with E-state index in [0.29, 0.717) is 5.75 Å². The highest BCUT2D eigenvalue weighted by atomic mass is 16.5. The summed E-state index contributed by atoms with van der Waals surface area (Å²) < 4.78 is 5.28. The van der Waals surface area contributed by atoms with Crippen molar-refractivity contribution in [1.29, 1.82) is 0 Å². The molecule has 16 heavy (non-hydrogen) atoms. The highest BCUT2D eigenvalue weighted by Crippen LogP contribution is 2.12. The lowest BCUT2D eigenvalue weighted by atomic mass is 10.2. The Labute approximate surface area is 95.8 Å². The molecule has 0 atom stereocenters. The lowest BCUT2D eigenvalue weighted by Gasteiger charge is -2.06. The Kier molecular flexibility index (Phi) is 4.94. The van der Waals surface area contributed by atoms with Crippen molar-refractivity contribution in [2.45, 2.75) is 13.3 Å². The van der Waals surface area contributed by atoms with E-state index in [1.54, 1.807) is 0 Å². The molecule has 0 aliphatic heterocycles. The number of aryl methyl sites for hydroxylation is 1. The van der Waals surface area contributed by atoms with Gasteiger partial charge in [0.25, 0.3) is 5.91 Å². The van der Waals surface area contributed by atoms with E-state index in [1.807, 2.05) is 24.3 Å². The van der Waals surface area contributed by atoms with E-state index in [1.165, 1.54) is 5.56 Å². The molecule has 0 saturated carbocycles. The topological polar surface area (TPSA) is 38.3 Å². The quantitative estimate of drug-likeness (QED) is 0.757. The van der Waals surface area contributed by atoms with Crippen LogP contribution in [-0.2, 0) is 11.2 Å². The first kappa shape index (κ1) is 12.1. The van der Waals surface area contributed by atoms with Gasteiger partial charge in [-0.2, -0.15) is 0 Å². The number of carbonyl (C=O) groups excluding carboxylic acids is 1. The third-order valence-electron chi connectivity index (χ3n) is 2.09. The molecule has 0 spiro atoms. The summed E-state index contributed by atoms with van der Waals surface area (Å²) >= 11 is 0. The number of hydrogen-bond acceptors (Lipinski definition) is 2. The second kappa shape index (κ2) is 6.52. The molecule has 0 aromatic heterocycles. The Morgan fingerprint density at radius 1 is 1.44 bits per heavy atom. The van der Waals surface area contributed by atoms with Crippen molar-refractivity contribution in [3.8, 4) is 18.1 Å². The summed E-state index contributed by atoms with van der Waals surface area (Å²) in [6, 6.07) is 7.67. The summed E-state index contributed by atoms with van der Waals surface area (Å²) in [4.78, 5) is 11.2. The predicted octanol–water partition coefficient (Wildman–Crippen LogP) is 1.38. The Morgan fingerprint density at radius 3 is 2.69 bits per heavy atom. The number of benzene rings is 1. The van der Waals surface area contributed by atoms with E-state index in [4.69, 9.17) is 11.2 Å². The molecule has 3 nitrogen and oxygen atoms in total. The van der Waals surface area contributed by atoms with Gasteiger partial charge in [0.05, 0.1) is 6.54 Å². The maximum Gasteiger partial charge on any atom is 0.258 e. The minimum absolute atomic E-state index is 0.00679. The molecule has 0 fully saturated rings. The first-order chi connectivity index (χ1) is 7.76. The van der Waals surface area contributed by atoms with Crippen LogP contribution in [-0.4, -0.2) is 19.1 Å². The van der Waals surface area contributed by atoms with E-state index < -0.39 is 0 Å². The van der Waals surface area contributed by atoms with Crippen molar-refractivity contribution in [3.05, 3.63) is 29.8 Å². The van der Waals surface area contributed by atoms with Gasteiger partial charge >= 0.3 is 0 Å². The summed E-state index contributed by atoms with van der Waals surface area (Å²) in [7, 11) is 0. The number of carbonyl (C=O) groups is 1. The van der Waals surface area contributed by atoms with Crippen LogP contribution in [0.15, 0.2) is 24.3 Å². The number of terminal acetylenes is 1. The van der Waals surface area contributed by atoms with Crippen LogP contribution in [0.4, 0.5) is 0 Å². The molecule has 0 bridgehead atoms. The SMILES string of the molecule is C#CCNC(=O)COc1ccc(CC)cc1. The van der Waals surface area contributed by atoms with Crippen molar-refractivity contribution in [3.63, 3.8) is 0 Å². The lowest BCUT2D eigenvalue weighted by molar-refractivity contribution is -0.122. The van der Waals surface area contributed by atoms with Gasteiger partial charge in [-0.25, -0.2) is 0 Å². The maximum atomic E-state index is 11.2. The number of hydrogen-bond donors (Lipinski definition) is 1. The van der Waals surface area contributed by atoms with Crippen LogP contribution in [0.1, 0.15) is 12.5 Å². The smallest absolute Gasteiger partial charge is 0.258 e. The highest BCUT2D eigenvalue weighted by Gasteiger charge is 2.00. The molecule has 84 valence electrons. The van der Waals surface area contributed by atoms with Crippen molar-refractivity contribution in [1.82, 2.24) is 5.32 Å². The first-order valence-electron chi connectivity index (χ1n) is 5.18. The second-order valence-electron chi connectivity index (χ2n) is 3.27. The zero-order chi connectivity index (χ0) is 11.8. The first-order valence-corrected chi connectivity index (χ1v) is 5.18. The molecule has 0 aliphatic rings. The van der Waals surface area contributed by atoms with Gasteiger partial charge in [0.2, 0.25) is 0 Å². The van der Waals surface area contributed by atoms with Crippen molar-refractivity contribution < 1.29 is 9.53 Å². The van der Waals surface area contributed by atoms with Gasteiger partial charge in [0, 0.05) is 0 Å². The Balaban J connectivity index is 2.37. The molecule has 1 aromatic carbocycles. The standard InChI is InChI=1S/C13H15NO2/c1-3-9-14-13(15)10-16-12-7-5-11(4-2)6-8-12/h1,5-8H,4,9-10H2,2H3,(H,14,15). The largest absolute Gasteiger partial charge is 0.484 e. The van der Waals surface area contributed by atoms with Crippen LogP contribution < -0.4 is 10.1 Å². The number of ether oxygens (including phenoxy) is 1. The van der Waals surface area contributed by atoms with Gasteiger partial charge < -0.3 is 10.1 Å². The van der Waals surface area contributed by atoms with Gasteiger partial charge in [0.1, 0.15) is 5.75 Å². The Bertz CT molecular complexity index is 376. The minimum Gasteiger partial charge on any atom is -0.484 e. The summed E-state index contributed by atoms with van der Waals surface area (Å²) in [5, 5.41) is 2.53. The van der Waals surface area contributed by atoms with Gasteiger partial charge in [-0.3, -0.25) is 4.79 Å². The third kappa shape index (κ3) is 4.05. The highest BCUT2D eigenvalue weighted by molar-refractivity contribution is 5.77. The van der Waals surface area contributed by atoms with Crippen LogP contribution in [0.2, 0.25) is 0 Å². The number of rotatable bonds is 5. The van der Waals surface area contributed by atoms with Gasteiger partial charge in [-0.15, -0.1) is 6.42 Å². The van der Waals surface area contributed by atoms with Crippen molar-refractivity contribution in [2.75, 3.05) is 13.2 Å². The van der Waals surface area contributed by atoms with Gasteiger partial charge in [0.15, 0.2) is 6.61 Å². The monoisotopic (exact) mass is 217 g/mol. The molecule has 1 aromatic rings. The van der Waals surface area contributed by atoms with E-state index >= 15 is 0 Å². The summed E-state index contributed by atoms with van der Waals surface area (Å²) in [5.74, 6) is 2.80. The number of nitrogens with one attached hydrogen (secondary N) is 1. The second-order valence-corrected chi connectivity index (χ2v) is 3.27. The summed E-state index contributed by atoms with van der Waals surface area (Å²) in [5.41, 5.74) is 1.24. The average molecular weight is 217 g/mol. The van der Waals surface area contributed by atoms with E-state index in [2.05, 4.69) is 18.2 Å². The summed E-state index contributed by atoms with van der Waals surface area (Å²) in [6.07, 6.45) is 6.00. The molecule has 1 rings (SSSR count). The third-order valence-corrected chi connectivity index (χ3v) is 2.09. The van der Waals surface area contributed by atoms with Crippen LogP contribution in [0.3, 0.4) is 0 Å². The average Bonchev–Trinajstić information content (AvgIpc) is 2.34. The Morgan fingerprint density at radius 2 is 2.12 bits per heavy atom. The van der Waals surface area contributed by atoms with E-state index in [9.17, 15) is 4.79 Å². The van der Waals surface area contributed by atoms with Crippen molar-refractivity contribution in [2.24, 2.45) is 0 Å². The zero-order valence-corrected chi connectivity index (χ0v) is 9.32.